The molecule has 1 aliphatic heterocycles. The molecule has 1 unspecified atom stereocenters. The molecule has 7 rings (SSSR count). The zero-order valence-corrected chi connectivity index (χ0v) is 22.9. The van der Waals surface area contributed by atoms with Crippen molar-refractivity contribution in [3.8, 4) is 33.8 Å². The van der Waals surface area contributed by atoms with Crippen LogP contribution in [-0.4, -0.2) is 50.4 Å². The topological polar surface area (TPSA) is 88.6 Å². The molecular weight excluding hydrogens is 496 g/mol. The summed E-state index contributed by atoms with van der Waals surface area (Å²) in [5.41, 5.74) is 10.7. The first-order valence-corrected chi connectivity index (χ1v) is 14.4. The summed E-state index contributed by atoms with van der Waals surface area (Å²) in [7, 11) is 0. The van der Waals surface area contributed by atoms with Gasteiger partial charge in [0.2, 0.25) is 0 Å². The summed E-state index contributed by atoms with van der Waals surface area (Å²) in [5.74, 6) is 0. The number of aryl methyl sites for hydroxylation is 3. The molecule has 1 fully saturated rings. The first-order valence-electron chi connectivity index (χ1n) is 14.4. The van der Waals surface area contributed by atoms with Crippen molar-refractivity contribution in [2.24, 2.45) is 0 Å². The fourth-order valence-corrected chi connectivity index (χ4v) is 6.18. The predicted molar refractivity (Wildman–Crippen MR) is 158 cm³/mol. The highest BCUT2D eigenvalue weighted by Crippen LogP contribution is 2.32. The van der Waals surface area contributed by atoms with Gasteiger partial charge in [0.05, 0.1) is 23.7 Å². The van der Waals surface area contributed by atoms with Gasteiger partial charge in [0, 0.05) is 53.8 Å². The maximum atomic E-state index is 5.69. The van der Waals surface area contributed by atoms with Crippen molar-refractivity contribution in [2.75, 3.05) is 13.2 Å². The van der Waals surface area contributed by atoms with E-state index in [2.05, 4.69) is 68.8 Å². The van der Waals surface area contributed by atoms with Crippen molar-refractivity contribution in [1.29, 1.82) is 0 Å². The standard InChI is InChI=1S/C33H34N6O/c1-21-4-2-14-34-31(21)25-10-13-30(35-18-25)32-29-17-26(19-36-33(29)39-38-32)24-7-6-22-8-11-27(12-9-23(22)16-24)37-28-5-3-15-40-20-28/h2,4,6-7,10,13-14,16-19,27-28,37H,3,5,8-9,11-12,15,20H2,1H3,(H,36,38,39)/t27-,28?/m0/s1. The van der Waals surface area contributed by atoms with Crippen molar-refractivity contribution in [2.45, 2.75) is 57.5 Å². The summed E-state index contributed by atoms with van der Waals surface area (Å²) < 4.78 is 5.69. The number of nitrogens with zero attached hydrogens (tertiary/aromatic N) is 4. The lowest BCUT2D eigenvalue weighted by Crippen LogP contribution is -2.43. The minimum atomic E-state index is 0.502. The molecule has 5 aromatic rings. The lowest BCUT2D eigenvalue weighted by atomic mass is 9.97. The highest BCUT2D eigenvalue weighted by Gasteiger charge is 2.22. The van der Waals surface area contributed by atoms with Crippen molar-refractivity contribution in [1.82, 2.24) is 30.5 Å². The normalized spacial score (nSPS) is 19.3. The Balaban J connectivity index is 1.13. The highest BCUT2D eigenvalue weighted by molar-refractivity contribution is 5.92. The number of aromatic amines is 1. The van der Waals surface area contributed by atoms with E-state index in [1.807, 2.05) is 30.7 Å². The van der Waals surface area contributed by atoms with E-state index in [0.29, 0.717) is 17.7 Å². The molecule has 0 bridgehead atoms. The van der Waals surface area contributed by atoms with Crippen LogP contribution in [0.3, 0.4) is 0 Å². The third kappa shape index (κ3) is 5.03. The Labute approximate surface area is 234 Å². The molecule has 7 nitrogen and oxygen atoms in total. The number of rotatable bonds is 5. The number of fused-ring (bicyclic) bond motifs is 2. The Morgan fingerprint density at radius 1 is 0.850 bits per heavy atom. The van der Waals surface area contributed by atoms with Gasteiger partial charge in [-0.3, -0.25) is 15.1 Å². The van der Waals surface area contributed by atoms with E-state index in [1.54, 1.807) is 0 Å². The Morgan fingerprint density at radius 2 is 1.73 bits per heavy atom. The molecule has 1 aromatic carbocycles. The van der Waals surface area contributed by atoms with Gasteiger partial charge in [0.15, 0.2) is 5.65 Å². The van der Waals surface area contributed by atoms with Gasteiger partial charge in [-0.2, -0.15) is 5.10 Å². The molecule has 0 saturated carbocycles. The van der Waals surface area contributed by atoms with Crippen LogP contribution >= 0.6 is 0 Å². The van der Waals surface area contributed by atoms with Crippen LogP contribution in [-0.2, 0) is 17.6 Å². The lowest BCUT2D eigenvalue weighted by Gasteiger charge is -2.28. The molecule has 2 aliphatic rings. The van der Waals surface area contributed by atoms with Gasteiger partial charge in [-0.25, -0.2) is 4.98 Å². The molecule has 2 N–H and O–H groups in total. The maximum absolute atomic E-state index is 5.69. The van der Waals surface area contributed by atoms with E-state index < -0.39 is 0 Å². The minimum absolute atomic E-state index is 0.502. The zero-order chi connectivity index (χ0) is 26.9. The summed E-state index contributed by atoms with van der Waals surface area (Å²) in [5, 5.41) is 12.5. The maximum Gasteiger partial charge on any atom is 0.181 e. The van der Waals surface area contributed by atoms with Crippen LogP contribution in [0.25, 0.3) is 44.8 Å². The van der Waals surface area contributed by atoms with Crippen molar-refractivity contribution < 1.29 is 4.74 Å². The zero-order valence-electron chi connectivity index (χ0n) is 22.9. The second-order valence-corrected chi connectivity index (χ2v) is 11.1. The first kappa shape index (κ1) is 25.1. The highest BCUT2D eigenvalue weighted by atomic mass is 16.5. The summed E-state index contributed by atoms with van der Waals surface area (Å²) in [6, 6.07) is 18.3. The van der Waals surface area contributed by atoms with Crippen LogP contribution in [0.2, 0.25) is 0 Å². The lowest BCUT2D eigenvalue weighted by molar-refractivity contribution is 0.0656. The van der Waals surface area contributed by atoms with Crippen LogP contribution in [0.4, 0.5) is 0 Å². The average Bonchev–Trinajstić information content (AvgIpc) is 3.32. The number of benzene rings is 1. The van der Waals surface area contributed by atoms with Crippen LogP contribution < -0.4 is 5.32 Å². The molecule has 2 atom stereocenters. The molecule has 40 heavy (non-hydrogen) atoms. The van der Waals surface area contributed by atoms with Crippen molar-refractivity contribution in [3.05, 3.63) is 83.8 Å². The number of aromatic nitrogens is 5. The minimum Gasteiger partial charge on any atom is -0.380 e. The van der Waals surface area contributed by atoms with Crippen LogP contribution in [0.5, 0.6) is 0 Å². The van der Waals surface area contributed by atoms with Gasteiger partial charge in [-0.15, -0.1) is 0 Å². The second-order valence-electron chi connectivity index (χ2n) is 11.1. The monoisotopic (exact) mass is 530 g/mol. The van der Waals surface area contributed by atoms with Crippen LogP contribution in [0.1, 0.15) is 42.4 Å². The van der Waals surface area contributed by atoms with E-state index in [4.69, 9.17) is 9.72 Å². The molecule has 1 aliphatic carbocycles. The first-order chi connectivity index (χ1) is 19.7. The Kier molecular flexibility index (Phi) is 6.83. The summed E-state index contributed by atoms with van der Waals surface area (Å²) in [6.07, 6.45) is 12.6. The Morgan fingerprint density at radius 3 is 2.55 bits per heavy atom. The van der Waals surface area contributed by atoms with E-state index >= 15 is 0 Å². The SMILES string of the molecule is Cc1cccnc1-c1ccc(-c2[nH]nc3ncc(-c4ccc5c(c4)CC[C@@H](NC4CCCOC4)CC5)cc23)nc1. The molecule has 0 amide bonds. The Hall–Kier alpha value is -3.94. The van der Waals surface area contributed by atoms with Gasteiger partial charge < -0.3 is 10.1 Å². The van der Waals surface area contributed by atoms with Gasteiger partial charge in [-0.1, -0.05) is 24.3 Å². The second kappa shape index (κ2) is 10.9. The molecule has 0 radical (unpaired) electrons. The number of pyridine rings is 3. The van der Waals surface area contributed by atoms with Gasteiger partial charge in [0.1, 0.15) is 0 Å². The van der Waals surface area contributed by atoms with Crippen molar-refractivity contribution in [3.63, 3.8) is 0 Å². The summed E-state index contributed by atoms with van der Waals surface area (Å²) >= 11 is 0. The quantitative estimate of drug-likeness (QED) is 0.268. The number of nitrogens with one attached hydrogen (secondary N) is 2. The molecule has 7 heteroatoms. The van der Waals surface area contributed by atoms with Crippen molar-refractivity contribution >= 4 is 11.0 Å². The fourth-order valence-electron chi connectivity index (χ4n) is 6.18. The molecule has 1 saturated heterocycles. The van der Waals surface area contributed by atoms with Gasteiger partial charge in [-0.05, 0) is 92.0 Å². The smallest absolute Gasteiger partial charge is 0.181 e. The Bertz CT molecular complexity index is 1640. The number of ether oxygens (including phenoxy) is 1. The van der Waals surface area contributed by atoms with E-state index in [1.165, 1.54) is 29.5 Å². The molecular formula is C33H34N6O. The van der Waals surface area contributed by atoms with Gasteiger partial charge in [0.25, 0.3) is 0 Å². The summed E-state index contributed by atoms with van der Waals surface area (Å²) in [6.45, 7) is 3.83. The number of hydrogen-bond acceptors (Lipinski definition) is 6. The van der Waals surface area contributed by atoms with E-state index in [-0.39, 0.29) is 0 Å². The molecule has 0 spiro atoms. The largest absolute Gasteiger partial charge is 0.380 e. The average molecular weight is 531 g/mol. The van der Waals surface area contributed by atoms with Crippen LogP contribution in [0.15, 0.2) is 67.1 Å². The summed E-state index contributed by atoms with van der Waals surface area (Å²) in [4.78, 5) is 14.0. The molecule has 4 aromatic heterocycles. The van der Waals surface area contributed by atoms with E-state index in [9.17, 15) is 0 Å². The van der Waals surface area contributed by atoms with Crippen LogP contribution in [0, 0.1) is 6.92 Å². The fraction of sp³-hybridized carbons (Fsp3) is 0.333. The van der Waals surface area contributed by atoms with E-state index in [0.717, 1.165) is 78.1 Å². The third-order valence-corrected chi connectivity index (χ3v) is 8.41. The number of hydrogen-bond donors (Lipinski definition) is 2. The van der Waals surface area contributed by atoms with Gasteiger partial charge >= 0.3 is 0 Å². The third-order valence-electron chi connectivity index (χ3n) is 8.41. The number of H-pyrrole nitrogens is 1. The molecule has 202 valence electrons. The molecule has 5 heterocycles. The predicted octanol–water partition coefficient (Wildman–Crippen LogP) is 6.07.